The SMILES string of the molecule is c1ccc(C2(c3ccccc3)c3ccccc3-c3ccc(N(c4ccc(-c5ccc6oc7ccccc7c6c5)cc4)c4cccc(-c5cccc(-c6ccc(C7(c8ccccc8)c8ccccc8-c8ccc(N(c9ccc(-c%10cccc%11c%10oc%10ccccc%10%11)cc9)c9ccc%10c(c9)C(c9ccccc9)(c9ccccc9)c9ccccc9-%10)cc87)cc6)c5)c4)cc32)cc1. The van der Waals surface area contributed by atoms with Gasteiger partial charge in [0, 0.05) is 61.2 Å². The molecule has 594 valence electrons. The van der Waals surface area contributed by atoms with Gasteiger partial charge in [-0.1, -0.05) is 382 Å². The number of hydrogen-bond acceptors (Lipinski definition) is 4. The summed E-state index contributed by atoms with van der Waals surface area (Å²) in [6, 6.07) is 180. The third-order valence-electron chi connectivity index (χ3n) is 27.5. The van der Waals surface area contributed by atoms with Crippen LogP contribution in [0.1, 0.15) is 66.8 Å². The molecular formula is C123H80N2O2. The van der Waals surface area contributed by atoms with Crippen molar-refractivity contribution in [3.05, 3.63) is 552 Å². The van der Waals surface area contributed by atoms with Crippen molar-refractivity contribution in [1.82, 2.24) is 0 Å². The Morgan fingerprint density at radius 3 is 0.913 bits per heavy atom. The summed E-state index contributed by atoms with van der Waals surface area (Å²) >= 11 is 0. The molecule has 0 fully saturated rings. The van der Waals surface area contributed by atoms with Crippen molar-refractivity contribution in [1.29, 1.82) is 0 Å². The van der Waals surface area contributed by atoms with Crippen LogP contribution in [-0.2, 0) is 16.2 Å². The molecule has 0 spiro atoms. The van der Waals surface area contributed by atoms with Crippen LogP contribution in [0.4, 0.5) is 34.1 Å². The molecule has 25 rings (SSSR count). The van der Waals surface area contributed by atoms with E-state index in [2.05, 4.69) is 477 Å². The lowest BCUT2D eigenvalue weighted by Gasteiger charge is -2.36. The number of benzene rings is 20. The van der Waals surface area contributed by atoms with E-state index in [1.54, 1.807) is 0 Å². The molecule has 0 saturated carbocycles. The topological polar surface area (TPSA) is 32.8 Å². The van der Waals surface area contributed by atoms with Crippen LogP contribution in [0, 0.1) is 0 Å². The Hall–Kier alpha value is -16.4. The first-order chi connectivity index (χ1) is 62.9. The summed E-state index contributed by atoms with van der Waals surface area (Å²) in [6.07, 6.45) is 0. The number of rotatable bonds is 16. The molecule has 0 N–H and O–H groups in total. The molecule has 4 heteroatoms. The molecule has 1 atom stereocenters. The van der Waals surface area contributed by atoms with Crippen molar-refractivity contribution in [3.63, 3.8) is 0 Å². The molecule has 22 aromatic rings. The number of furan rings is 2. The third kappa shape index (κ3) is 11.3. The van der Waals surface area contributed by atoms with Crippen molar-refractivity contribution in [2.75, 3.05) is 9.80 Å². The van der Waals surface area contributed by atoms with E-state index in [-0.39, 0.29) is 0 Å². The molecule has 20 aromatic carbocycles. The number of hydrogen-bond donors (Lipinski definition) is 0. The highest BCUT2D eigenvalue weighted by molar-refractivity contribution is 6.10. The third-order valence-corrected chi connectivity index (χ3v) is 27.5. The van der Waals surface area contributed by atoms with Crippen molar-refractivity contribution >= 4 is 78.0 Å². The van der Waals surface area contributed by atoms with Crippen LogP contribution >= 0.6 is 0 Å². The zero-order chi connectivity index (χ0) is 83.7. The second-order valence-corrected chi connectivity index (χ2v) is 34.0. The maximum Gasteiger partial charge on any atom is 0.143 e. The van der Waals surface area contributed by atoms with Gasteiger partial charge in [0.15, 0.2) is 0 Å². The van der Waals surface area contributed by atoms with Crippen LogP contribution in [0.15, 0.2) is 494 Å². The summed E-state index contributed by atoms with van der Waals surface area (Å²) in [4.78, 5) is 4.95. The van der Waals surface area contributed by atoms with Gasteiger partial charge in [-0.15, -0.1) is 0 Å². The minimum Gasteiger partial charge on any atom is -0.456 e. The number of para-hydroxylation sites is 3. The lowest BCUT2D eigenvalue weighted by molar-refractivity contribution is 0.669. The highest BCUT2D eigenvalue weighted by Gasteiger charge is 2.50. The Balaban J connectivity index is 0.616. The van der Waals surface area contributed by atoms with Crippen LogP contribution < -0.4 is 9.80 Å². The van der Waals surface area contributed by atoms with Gasteiger partial charge in [-0.25, -0.2) is 0 Å². The van der Waals surface area contributed by atoms with Crippen molar-refractivity contribution in [3.8, 4) is 77.9 Å². The first-order valence-corrected chi connectivity index (χ1v) is 43.9. The molecule has 0 bridgehead atoms. The van der Waals surface area contributed by atoms with E-state index in [0.717, 1.165) is 123 Å². The predicted octanol–water partition coefficient (Wildman–Crippen LogP) is 32.2. The molecule has 3 aliphatic rings. The van der Waals surface area contributed by atoms with E-state index in [9.17, 15) is 0 Å². The van der Waals surface area contributed by atoms with Gasteiger partial charge in [0.2, 0.25) is 0 Å². The van der Waals surface area contributed by atoms with Crippen LogP contribution in [0.5, 0.6) is 0 Å². The molecule has 0 saturated heterocycles. The highest BCUT2D eigenvalue weighted by Crippen LogP contribution is 2.62. The average Bonchev–Trinajstić information content (AvgIpc) is 1.55. The molecule has 0 radical (unpaired) electrons. The second-order valence-electron chi connectivity index (χ2n) is 34.0. The van der Waals surface area contributed by atoms with Gasteiger partial charge in [-0.2, -0.15) is 0 Å². The van der Waals surface area contributed by atoms with Gasteiger partial charge in [0.25, 0.3) is 0 Å². The van der Waals surface area contributed by atoms with Crippen molar-refractivity contribution in [2.45, 2.75) is 16.2 Å². The fourth-order valence-electron chi connectivity index (χ4n) is 22.0. The first-order valence-electron chi connectivity index (χ1n) is 43.9. The molecule has 0 amide bonds. The zero-order valence-electron chi connectivity index (χ0n) is 69.4. The smallest absolute Gasteiger partial charge is 0.143 e. The summed E-state index contributed by atoms with van der Waals surface area (Å²) in [5.74, 6) is 0. The summed E-state index contributed by atoms with van der Waals surface area (Å²) in [6.45, 7) is 0. The molecule has 127 heavy (non-hydrogen) atoms. The Morgan fingerprint density at radius 1 is 0.150 bits per heavy atom. The van der Waals surface area contributed by atoms with E-state index in [1.165, 1.54) is 100 Å². The molecule has 0 aliphatic heterocycles. The fraction of sp³-hybridized carbons (Fsp3) is 0.0244. The summed E-state index contributed by atoms with van der Waals surface area (Å²) in [5, 5.41) is 4.44. The van der Waals surface area contributed by atoms with Gasteiger partial charge in [0.05, 0.1) is 16.2 Å². The average molecular weight is 1620 g/mol. The fourth-order valence-corrected chi connectivity index (χ4v) is 22.0. The Morgan fingerprint density at radius 2 is 0.449 bits per heavy atom. The van der Waals surface area contributed by atoms with E-state index < -0.39 is 16.2 Å². The van der Waals surface area contributed by atoms with E-state index in [4.69, 9.17) is 8.83 Å². The molecule has 2 aromatic heterocycles. The molecule has 2 heterocycles. The molecule has 3 aliphatic carbocycles. The summed E-state index contributed by atoms with van der Waals surface area (Å²) in [7, 11) is 0. The van der Waals surface area contributed by atoms with E-state index >= 15 is 0 Å². The normalized spacial score (nSPS) is 14.1. The summed E-state index contributed by atoms with van der Waals surface area (Å²) < 4.78 is 13.0. The largest absolute Gasteiger partial charge is 0.456 e. The van der Waals surface area contributed by atoms with Gasteiger partial charge < -0.3 is 18.6 Å². The number of fused-ring (bicyclic) bond motifs is 15. The monoisotopic (exact) mass is 1620 g/mol. The Bertz CT molecular complexity index is 7980. The molecular weight excluding hydrogens is 1540 g/mol. The van der Waals surface area contributed by atoms with Crippen molar-refractivity contribution in [2.24, 2.45) is 0 Å². The quantitative estimate of drug-likeness (QED) is 0.0965. The Labute approximate surface area is 737 Å². The number of nitrogens with zero attached hydrogens (tertiary/aromatic N) is 2. The lowest BCUT2D eigenvalue weighted by Crippen LogP contribution is -2.29. The van der Waals surface area contributed by atoms with Crippen LogP contribution in [0.2, 0.25) is 0 Å². The summed E-state index contributed by atoms with van der Waals surface area (Å²) in [5.41, 5.74) is 38.8. The molecule has 1 unspecified atom stereocenters. The van der Waals surface area contributed by atoms with Crippen molar-refractivity contribution < 1.29 is 8.83 Å². The van der Waals surface area contributed by atoms with Crippen LogP contribution in [0.25, 0.3) is 122 Å². The minimum absolute atomic E-state index is 0.596. The zero-order valence-corrected chi connectivity index (χ0v) is 69.4. The van der Waals surface area contributed by atoms with Gasteiger partial charge in [-0.05, 0) is 242 Å². The van der Waals surface area contributed by atoms with E-state index in [1.807, 2.05) is 18.2 Å². The van der Waals surface area contributed by atoms with Gasteiger partial charge in [0.1, 0.15) is 22.3 Å². The predicted molar refractivity (Wildman–Crippen MR) is 524 cm³/mol. The maximum absolute atomic E-state index is 6.71. The number of anilines is 6. The van der Waals surface area contributed by atoms with Gasteiger partial charge >= 0.3 is 0 Å². The minimum atomic E-state index is -0.746. The maximum atomic E-state index is 6.71. The lowest BCUT2D eigenvalue weighted by atomic mass is 9.67. The highest BCUT2D eigenvalue weighted by atomic mass is 16.3. The second kappa shape index (κ2) is 29.4. The Kier molecular flexibility index (Phi) is 17.0. The van der Waals surface area contributed by atoms with E-state index in [0.29, 0.717) is 0 Å². The van der Waals surface area contributed by atoms with Gasteiger partial charge in [-0.3, -0.25) is 0 Å². The van der Waals surface area contributed by atoms with Crippen LogP contribution in [0.3, 0.4) is 0 Å². The standard InChI is InChI=1S/C123H80N2O2/c1-6-32-88(33-7-1)121(89-34-8-2-9-35-89)111-50-21-16-43-101(111)104-71-68-97(78-114(104)121)124(94-64-57-82(58-65-94)87-61-74-119-110(77-87)108-47-20-24-53-117(108)126-119)96-42-27-31-86(76-96)85-30-26-29-84(75-85)81-55-62-93(63-56-81)123(92-40-14-5-15-41-92)113-52-23-18-45-103(113)106-73-70-99(80-116(106)123)125(95-66-59-83(60-67-95)100-48-28-49-109-107-46-19-25-54-118(107)127-120(100)109)98-69-72-105-102-44-17-22-51-112(102)122(115(105)79-98,90-36-10-3-11-37-90)91-38-12-4-13-39-91/h1-80H. The molecule has 4 nitrogen and oxygen atoms in total. The van der Waals surface area contributed by atoms with Crippen LogP contribution in [-0.4, -0.2) is 0 Å². The first kappa shape index (κ1) is 73.3.